The van der Waals surface area contributed by atoms with Gasteiger partial charge in [-0.1, -0.05) is 0 Å². The monoisotopic (exact) mass is 540 g/mol. The van der Waals surface area contributed by atoms with Crippen LogP contribution in [0.1, 0.15) is 81.1 Å². The van der Waals surface area contributed by atoms with E-state index in [9.17, 15) is 46.0 Å². The molecule has 9 heteroatoms. The Morgan fingerprint density at radius 3 is 0.786 bits per heavy atom. The first-order chi connectivity index (χ1) is 20.3. The first-order valence-corrected chi connectivity index (χ1v) is 11.9. The normalized spacial score (nSPS) is 9.57. The molecule has 9 nitrogen and oxygen atoms in total. The molecule has 0 N–H and O–H groups in total. The van der Waals surface area contributed by atoms with E-state index in [2.05, 4.69) is 0 Å². The zero-order valence-electron chi connectivity index (χ0n) is 21.3. The lowest BCUT2D eigenvalue weighted by molar-refractivity contribution is 0.103. The Kier molecular flexibility index (Phi) is 7.76. The molecule has 4 rings (SSSR count). The Morgan fingerprint density at radius 1 is 0.333 bits per heavy atom. The molecule has 0 fully saturated rings. The SMILES string of the molecule is N#Cc1ccc(C(=O)c2cc(C(=O)c3ccc(C#N)c(C#N)c3)cc(C(=O)c3ccc(C#N)c(C#N)c3)c2)cc1C#N. The predicted molar refractivity (Wildman–Crippen MR) is 144 cm³/mol. The van der Waals surface area contributed by atoms with Crippen LogP contribution in [-0.2, 0) is 0 Å². The fraction of sp³-hybridized carbons (Fsp3) is 0. The van der Waals surface area contributed by atoms with Crippen LogP contribution in [0.4, 0.5) is 0 Å². The molecule has 0 bridgehead atoms. The van der Waals surface area contributed by atoms with E-state index >= 15 is 0 Å². The van der Waals surface area contributed by atoms with Crippen molar-refractivity contribution in [2.24, 2.45) is 0 Å². The lowest BCUT2D eigenvalue weighted by atomic mass is 9.90. The second-order valence-corrected chi connectivity index (χ2v) is 8.74. The summed E-state index contributed by atoms with van der Waals surface area (Å²) >= 11 is 0. The van der Waals surface area contributed by atoms with Gasteiger partial charge in [0.1, 0.15) is 36.4 Å². The molecule has 0 heterocycles. The Hall–Kier alpha value is -7.17. The molecule has 0 saturated carbocycles. The Balaban J connectivity index is 1.90. The van der Waals surface area contributed by atoms with Crippen molar-refractivity contribution in [3.8, 4) is 36.4 Å². The number of hydrogen-bond acceptors (Lipinski definition) is 9. The van der Waals surface area contributed by atoms with Crippen molar-refractivity contribution in [2.45, 2.75) is 0 Å². The highest BCUT2D eigenvalue weighted by Crippen LogP contribution is 2.23. The van der Waals surface area contributed by atoms with Gasteiger partial charge in [0.25, 0.3) is 0 Å². The molecule has 0 unspecified atom stereocenters. The molecular weight excluding hydrogens is 528 g/mol. The summed E-state index contributed by atoms with van der Waals surface area (Å²) in [5, 5.41) is 55.8. The molecule has 0 aromatic heterocycles. The number of carbonyl (C=O) groups excluding carboxylic acids is 3. The number of nitrogens with zero attached hydrogens (tertiary/aromatic N) is 6. The topological polar surface area (TPSA) is 194 Å². The first-order valence-electron chi connectivity index (χ1n) is 11.9. The fourth-order valence-corrected chi connectivity index (χ4v) is 4.15. The lowest BCUT2D eigenvalue weighted by Crippen LogP contribution is -2.11. The third-order valence-electron chi connectivity index (χ3n) is 6.29. The third kappa shape index (κ3) is 5.22. The molecule has 0 aliphatic carbocycles. The maximum absolute atomic E-state index is 13.5. The van der Waals surface area contributed by atoms with Crippen LogP contribution in [0.2, 0.25) is 0 Å². The number of rotatable bonds is 6. The van der Waals surface area contributed by atoms with Crippen molar-refractivity contribution in [1.29, 1.82) is 31.6 Å². The molecule has 0 amide bonds. The number of ketones is 3. The minimum absolute atomic E-state index is 0.0313. The van der Waals surface area contributed by atoms with Gasteiger partial charge in [-0.05, 0) is 72.8 Å². The average molecular weight is 540 g/mol. The van der Waals surface area contributed by atoms with Crippen LogP contribution >= 0.6 is 0 Å². The van der Waals surface area contributed by atoms with E-state index in [1.54, 1.807) is 0 Å². The Morgan fingerprint density at radius 2 is 0.571 bits per heavy atom. The zero-order valence-corrected chi connectivity index (χ0v) is 21.3. The van der Waals surface area contributed by atoms with Gasteiger partial charge in [-0.25, -0.2) is 0 Å². The highest BCUT2D eigenvalue weighted by atomic mass is 16.1. The third-order valence-corrected chi connectivity index (χ3v) is 6.29. The van der Waals surface area contributed by atoms with Crippen LogP contribution in [0.5, 0.6) is 0 Å². The molecule has 0 radical (unpaired) electrons. The first kappa shape index (κ1) is 27.9. The summed E-state index contributed by atoms with van der Waals surface area (Å²) < 4.78 is 0. The van der Waals surface area contributed by atoms with E-state index in [1.807, 2.05) is 36.4 Å². The van der Waals surface area contributed by atoms with Crippen LogP contribution in [0.25, 0.3) is 0 Å². The number of hydrogen-bond donors (Lipinski definition) is 0. The van der Waals surface area contributed by atoms with Gasteiger partial charge in [0.15, 0.2) is 17.3 Å². The summed E-state index contributed by atoms with van der Waals surface area (Å²) in [5.41, 5.74) is -0.0497. The van der Waals surface area contributed by atoms with Gasteiger partial charge in [0.2, 0.25) is 0 Å². The van der Waals surface area contributed by atoms with Crippen LogP contribution in [0.15, 0.2) is 72.8 Å². The van der Waals surface area contributed by atoms with Gasteiger partial charge in [0.05, 0.1) is 33.4 Å². The zero-order chi connectivity index (χ0) is 30.4. The quantitative estimate of drug-likeness (QED) is 0.314. The van der Waals surface area contributed by atoms with E-state index in [-0.39, 0.29) is 66.8 Å². The Labute approximate surface area is 239 Å². The number of carbonyl (C=O) groups is 3. The predicted octanol–water partition coefficient (Wildman–Crippen LogP) is 4.61. The highest BCUT2D eigenvalue weighted by molar-refractivity contribution is 6.17. The van der Waals surface area contributed by atoms with E-state index in [0.717, 1.165) is 0 Å². The smallest absolute Gasteiger partial charge is 0.193 e. The van der Waals surface area contributed by atoms with E-state index in [1.165, 1.54) is 72.8 Å². The average Bonchev–Trinajstić information content (AvgIpc) is 3.05. The molecule has 4 aromatic rings. The molecule has 0 atom stereocenters. The van der Waals surface area contributed by atoms with Crippen LogP contribution < -0.4 is 0 Å². The molecule has 4 aromatic carbocycles. The minimum atomic E-state index is -0.644. The molecule has 192 valence electrons. The number of nitriles is 6. The molecule has 42 heavy (non-hydrogen) atoms. The molecule has 0 spiro atoms. The maximum Gasteiger partial charge on any atom is 0.193 e. The van der Waals surface area contributed by atoms with Crippen molar-refractivity contribution in [3.63, 3.8) is 0 Å². The minimum Gasteiger partial charge on any atom is -0.289 e. The van der Waals surface area contributed by atoms with Gasteiger partial charge in [0, 0.05) is 33.4 Å². The maximum atomic E-state index is 13.5. The highest BCUT2D eigenvalue weighted by Gasteiger charge is 2.21. The number of benzene rings is 4. The van der Waals surface area contributed by atoms with Gasteiger partial charge >= 0.3 is 0 Å². The summed E-state index contributed by atoms with van der Waals surface area (Å²) in [6.45, 7) is 0. The Bertz CT molecular complexity index is 1870. The lowest BCUT2D eigenvalue weighted by Gasteiger charge is -2.10. The summed E-state index contributed by atoms with van der Waals surface area (Å²) in [6.07, 6.45) is 0. The van der Waals surface area contributed by atoms with Crippen LogP contribution in [0.3, 0.4) is 0 Å². The van der Waals surface area contributed by atoms with E-state index < -0.39 is 17.3 Å². The van der Waals surface area contributed by atoms with Crippen molar-refractivity contribution >= 4 is 17.3 Å². The largest absolute Gasteiger partial charge is 0.289 e. The van der Waals surface area contributed by atoms with Crippen LogP contribution in [0, 0.1) is 68.0 Å². The van der Waals surface area contributed by atoms with E-state index in [0.29, 0.717) is 0 Å². The molecule has 0 aliphatic heterocycles. The van der Waals surface area contributed by atoms with Crippen molar-refractivity contribution in [1.82, 2.24) is 0 Å². The van der Waals surface area contributed by atoms with Gasteiger partial charge in [-0.2, -0.15) is 31.6 Å². The van der Waals surface area contributed by atoms with E-state index in [4.69, 9.17) is 0 Å². The second kappa shape index (κ2) is 11.7. The van der Waals surface area contributed by atoms with Crippen molar-refractivity contribution in [3.05, 3.63) is 140 Å². The summed E-state index contributed by atoms with van der Waals surface area (Å²) in [7, 11) is 0. The standard InChI is InChI=1S/C33H12N6O3/c34-13-22-4-1-19(7-28(22)16-37)31(40)25-10-26(32(41)20-2-5-23(14-35)29(8-20)17-38)12-27(11-25)33(42)21-3-6-24(15-36)30(9-21)18-39/h1-12H. The van der Waals surface area contributed by atoms with Gasteiger partial charge in [-0.3, -0.25) is 14.4 Å². The van der Waals surface area contributed by atoms with Gasteiger partial charge in [-0.15, -0.1) is 0 Å². The van der Waals surface area contributed by atoms with Crippen LogP contribution in [-0.4, -0.2) is 17.3 Å². The van der Waals surface area contributed by atoms with Gasteiger partial charge < -0.3 is 0 Å². The summed E-state index contributed by atoms with van der Waals surface area (Å²) in [5.74, 6) is -1.93. The summed E-state index contributed by atoms with van der Waals surface area (Å²) in [6, 6.07) is 26.6. The summed E-state index contributed by atoms with van der Waals surface area (Å²) in [4.78, 5) is 40.6. The molecule has 0 aliphatic rings. The second-order valence-electron chi connectivity index (χ2n) is 8.74. The fourth-order valence-electron chi connectivity index (χ4n) is 4.15. The van der Waals surface area contributed by atoms with Crippen molar-refractivity contribution < 1.29 is 14.4 Å². The van der Waals surface area contributed by atoms with Crippen molar-refractivity contribution in [2.75, 3.05) is 0 Å². The molecular formula is C33H12N6O3. The molecule has 0 saturated heterocycles.